The van der Waals surface area contributed by atoms with E-state index >= 15 is 0 Å². The number of hydrogen-bond donors (Lipinski definition) is 2. The molecule has 10 nitrogen and oxygen atoms in total. The summed E-state index contributed by atoms with van der Waals surface area (Å²) in [7, 11) is 1.08. The molecule has 3 saturated carbocycles. The van der Waals surface area contributed by atoms with E-state index in [1.165, 1.54) is 20.8 Å². The van der Waals surface area contributed by atoms with Crippen molar-refractivity contribution in [2.75, 3.05) is 7.11 Å². The average Bonchev–Trinajstić information content (AvgIpc) is 2.80. The number of carbonyl (C=O) groups is 5. The van der Waals surface area contributed by atoms with Gasteiger partial charge < -0.3 is 24.4 Å². The van der Waals surface area contributed by atoms with Gasteiger partial charge in [-0.2, -0.15) is 0 Å². The molecule has 4 aliphatic rings. The van der Waals surface area contributed by atoms with Gasteiger partial charge in [0.2, 0.25) is 0 Å². The van der Waals surface area contributed by atoms with Gasteiger partial charge in [0.1, 0.15) is 11.9 Å². The van der Waals surface area contributed by atoms with E-state index in [-0.39, 0.29) is 18.6 Å². The monoisotopic (exact) mass is 534 g/mol. The fraction of sp³-hybridized carbons (Fsp3) is 0.750. The number of fused-ring (bicyclic) bond motifs is 5. The molecule has 0 aromatic heterocycles. The van der Waals surface area contributed by atoms with Crippen LogP contribution in [0.1, 0.15) is 61.3 Å². The Hall–Kier alpha value is -2.59. The molecule has 38 heavy (non-hydrogen) atoms. The minimum absolute atomic E-state index is 0.110. The second-order valence-electron chi connectivity index (χ2n) is 12.9. The number of aliphatic hydroxyl groups excluding tert-OH is 2. The van der Waals surface area contributed by atoms with Crippen molar-refractivity contribution in [1.82, 2.24) is 0 Å². The lowest BCUT2D eigenvalue weighted by Gasteiger charge is -2.71. The molecule has 10 heteroatoms. The van der Waals surface area contributed by atoms with Gasteiger partial charge in [-0.25, -0.2) is 4.79 Å². The standard InChI is InChI=1S/C28H38O10/c1-12-10-14-26(6)16(31)11-15(30)24(3,4)18(26)17(32)20(37-13(2)29)27(14,7)19-21(33)38-28(8,23(35)36-9)22(34)25(12,19)5/h14,16-20,31-32H,1,10-11H2,2-9H3/t14-,16+,17-,18-,19-,20-,25-,26+,27-,28-/m1/s1. The summed E-state index contributed by atoms with van der Waals surface area (Å²) >= 11 is 0. The van der Waals surface area contributed by atoms with Crippen molar-refractivity contribution in [1.29, 1.82) is 0 Å². The number of cyclic esters (lactones) is 1. The summed E-state index contributed by atoms with van der Waals surface area (Å²) in [5.41, 5.74) is -7.20. The summed E-state index contributed by atoms with van der Waals surface area (Å²) < 4.78 is 16.1. The summed E-state index contributed by atoms with van der Waals surface area (Å²) in [5.74, 6) is -6.46. The molecule has 210 valence electrons. The van der Waals surface area contributed by atoms with E-state index in [0.717, 1.165) is 7.11 Å². The second kappa shape index (κ2) is 8.21. The van der Waals surface area contributed by atoms with Crippen LogP contribution in [0.25, 0.3) is 0 Å². The highest BCUT2D eigenvalue weighted by atomic mass is 16.6. The minimum Gasteiger partial charge on any atom is -0.466 e. The Balaban J connectivity index is 2.01. The lowest BCUT2D eigenvalue weighted by Crippen LogP contribution is -2.78. The molecule has 0 spiro atoms. The third-order valence-electron chi connectivity index (χ3n) is 10.7. The lowest BCUT2D eigenvalue weighted by molar-refractivity contribution is -0.293. The highest BCUT2D eigenvalue weighted by Crippen LogP contribution is 2.72. The molecular formula is C28H38O10. The smallest absolute Gasteiger partial charge is 0.358 e. The minimum atomic E-state index is -2.22. The maximum atomic E-state index is 14.1. The fourth-order valence-corrected chi connectivity index (χ4v) is 8.85. The molecule has 3 aliphatic carbocycles. The molecule has 0 unspecified atom stereocenters. The number of hydrogen-bond acceptors (Lipinski definition) is 10. The second-order valence-corrected chi connectivity index (χ2v) is 12.9. The first-order chi connectivity index (χ1) is 17.3. The van der Waals surface area contributed by atoms with Crippen LogP contribution in [0.15, 0.2) is 12.2 Å². The van der Waals surface area contributed by atoms with Crippen molar-refractivity contribution in [2.24, 2.45) is 39.4 Å². The van der Waals surface area contributed by atoms with E-state index in [4.69, 9.17) is 14.2 Å². The first-order valence-electron chi connectivity index (χ1n) is 12.9. The van der Waals surface area contributed by atoms with Crippen molar-refractivity contribution in [3.8, 4) is 0 Å². The molecule has 2 N–H and O–H groups in total. The van der Waals surface area contributed by atoms with Crippen LogP contribution in [0.3, 0.4) is 0 Å². The normalized spacial score (nSPS) is 47.7. The van der Waals surface area contributed by atoms with Gasteiger partial charge in [0, 0.05) is 35.5 Å². The summed E-state index contributed by atoms with van der Waals surface area (Å²) in [6.45, 7) is 14.9. The Morgan fingerprint density at radius 2 is 1.58 bits per heavy atom. The fourth-order valence-electron chi connectivity index (χ4n) is 8.85. The number of ether oxygens (including phenoxy) is 3. The number of esters is 3. The molecule has 0 aromatic rings. The van der Waals surface area contributed by atoms with Crippen LogP contribution in [0.5, 0.6) is 0 Å². The van der Waals surface area contributed by atoms with Gasteiger partial charge in [-0.3, -0.25) is 19.2 Å². The zero-order valence-corrected chi connectivity index (χ0v) is 23.2. The largest absolute Gasteiger partial charge is 0.466 e. The molecule has 1 heterocycles. The van der Waals surface area contributed by atoms with Crippen molar-refractivity contribution in [2.45, 2.75) is 85.2 Å². The third kappa shape index (κ3) is 3.10. The molecule has 4 fully saturated rings. The van der Waals surface area contributed by atoms with Crippen LogP contribution in [-0.2, 0) is 38.2 Å². The van der Waals surface area contributed by atoms with E-state index in [0.29, 0.717) is 5.57 Å². The Morgan fingerprint density at radius 1 is 1.00 bits per heavy atom. The van der Waals surface area contributed by atoms with Crippen LogP contribution in [0.4, 0.5) is 0 Å². The highest BCUT2D eigenvalue weighted by molar-refractivity contribution is 6.15. The first-order valence-corrected chi connectivity index (χ1v) is 12.9. The Kier molecular flexibility index (Phi) is 6.14. The number of allylic oxidation sites excluding steroid dienone is 1. The van der Waals surface area contributed by atoms with Gasteiger partial charge in [0.15, 0.2) is 5.78 Å². The summed E-state index contributed by atoms with van der Waals surface area (Å²) in [6.07, 6.45) is -4.03. The van der Waals surface area contributed by atoms with Crippen molar-refractivity contribution in [3.63, 3.8) is 0 Å². The topological polar surface area (TPSA) is 154 Å². The van der Waals surface area contributed by atoms with Crippen molar-refractivity contribution in [3.05, 3.63) is 12.2 Å². The molecule has 4 rings (SSSR count). The summed E-state index contributed by atoms with van der Waals surface area (Å²) in [4.78, 5) is 66.1. The predicted octanol–water partition coefficient (Wildman–Crippen LogP) is 1.54. The number of methoxy groups -OCH3 is 1. The Labute approximate surface area is 222 Å². The number of Topliss-reactive ketones (excluding diaryl/α,β-unsaturated/α-hetero) is 2. The average molecular weight is 535 g/mol. The predicted molar refractivity (Wildman–Crippen MR) is 131 cm³/mol. The third-order valence-corrected chi connectivity index (χ3v) is 10.7. The number of aliphatic hydroxyl groups is 2. The summed E-state index contributed by atoms with van der Waals surface area (Å²) in [6, 6.07) is 0. The van der Waals surface area contributed by atoms with E-state index in [9.17, 15) is 34.2 Å². The van der Waals surface area contributed by atoms with Crippen LogP contribution in [-0.4, -0.2) is 70.7 Å². The first kappa shape index (κ1) is 28.4. The van der Waals surface area contributed by atoms with Crippen molar-refractivity contribution >= 4 is 29.5 Å². The Bertz CT molecular complexity index is 1160. The summed E-state index contributed by atoms with van der Waals surface area (Å²) in [5, 5.41) is 23.3. The number of carbonyl (C=O) groups excluding carboxylic acids is 5. The molecular weight excluding hydrogens is 496 g/mol. The van der Waals surface area contributed by atoms with Crippen LogP contribution >= 0.6 is 0 Å². The number of ketones is 2. The maximum absolute atomic E-state index is 14.1. The van der Waals surface area contributed by atoms with Gasteiger partial charge >= 0.3 is 17.9 Å². The van der Waals surface area contributed by atoms with Gasteiger partial charge in [-0.1, -0.05) is 39.8 Å². The molecule has 1 aliphatic heterocycles. The lowest BCUT2D eigenvalue weighted by atomic mass is 9.33. The SMILES string of the molecule is C=C1C[C@H]2[C@@](C)([C@H](OC(C)=O)[C@H](O)[C@@H]3C(C)(C)C(=O)C[C@H](O)[C@]23C)[C@@H]2C(=O)O[C@@](C)(C(=O)OC)C(=O)[C@]12C. The van der Waals surface area contributed by atoms with Crippen molar-refractivity contribution < 1.29 is 48.4 Å². The maximum Gasteiger partial charge on any atom is 0.358 e. The molecule has 0 bridgehead atoms. The van der Waals surface area contributed by atoms with Gasteiger partial charge in [-0.15, -0.1) is 0 Å². The van der Waals surface area contributed by atoms with E-state index in [2.05, 4.69) is 6.58 Å². The van der Waals surface area contributed by atoms with E-state index in [1.54, 1.807) is 27.7 Å². The van der Waals surface area contributed by atoms with Gasteiger partial charge in [0.05, 0.1) is 30.7 Å². The van der Waals surface area contributed by atoms with Crippen LogP contribution < -0.4 is 0 Å². The van der Waals surface area contributed by atoms with E-state index in [1.807, 2.05) is 0 Å². The zero-order chi connectivity index (χ0) is 29.0. The molecule has 0 aromatic carbocycles. The van der Waals surface area contributed by atoms with Crippen LogP contribution in [0, 0.1) is 39.4 Å². The molecule has 0 amide bonds. The Morgan fingerprint density at radius 3 is 2.11 bits per heavy atom. The molecule has 10 atom stereocenters. The van der Waals surface area contributed by atoms with Gasteiger partial charge in [-0.05, 0) is 26.2 Å². The number of rotatable bonds is 2. The highest BCUT2D eigenvalue weighted by Gasteiger charge is 2.79. The van der Waals surface area contributed by atoms with E-state index < -0.39 is 87.0 Å². The van der Waals surface area contributed by atoms with Crippen LogP contribution in [0.2, 0.25) is 0 Å². The quantitative estimate of drug-likeness (QED) is 0.231. The van der Waals surface area contributed by atoms with Gasteiger partial charge in [0.25, 0.3) is 5.60 Å². The zero-order valence-electron chi connectivity index (χ0n) is 23.2. The molecule has 0 radical (unpaired) electrons. The molecule has 1 saturated heterocycles.